The van der Waals surface area contributed by atoms with Gasteiger partial charge in [0.25, 0.3) is 0 Å². The summed E-state index contributed by atoms with van der Waals surface area (Å²) in [6.07, 6.45) is -2.41. The van der Waals surface area contributed by atoms with Crippen LogP contribution in [0.5, 0.6) is 0 Å². The fourth-order valence-corrected chi connectivity index (χ4v) is 4.28. The first-order valence-electron chi connectivity index (χ1n) is 12.4. The second kappa shape index (κ2) is 13.7. The molecule has 2 rings (SSSR count). The van der Waals surface area contributed by atoms with E-state index in [1.807, 2.05) is 6.07 Å². The summed E-state index contributed by atoms with van der Waals surface area (Å²) in [6, 6.07) is 5.93. The molecule has 2 amide bonds. The molecule has 0 radical (unpaired) electrons. The molecule has 11 nitrogen and oxygen atoms in total. The predicted octanol–water partition coefficient (Wildman–Crippen LogP) is 1.03. The Labute approximate surface area is 216 Å². The van der Waals surface area contributed by atoms with Crippen LogP contribution in [0, 0.1) is 5.92 Å². The van der Waals surface area contributed by atoms with Gasteiger partial charge in [-0.15, -0.1) is 0 Å². The highest BCUT2D eigenvalue weighted by molar-refractivity contribution is 5.85. The molecule has 0 saturated carbocycles. The highest BCUT2D eigenvalue weighted by Crippen LogP contribution is 2.29. The maximum atomic E-state index is 13.3. The zero-order chi connectivity index (χ0) is 27.7. The Bertz CT molecular complexity index is 968. The van der Waals surface area contributed by atoms with Gasteiger partial charge in [0.15, 0.2) is 0 Å². The molecule has 37 heavy (non-hydrogen) atoms. The Balaban J connectivity index is 2.39. The van der Waals surface area contributed by atoms with Crippen LogP contribution in [0.25, 0.3) is 0 Å². The Morgan fingerprint density at radius 1 is 1.16 bits per heavy atom. The molecule has 1 fully saturated rings. The maximum absolute atomic E-state index is 13.3. The second-order valence-corrected chi connectivity index (χ2v) is 9.47. The van der Waals surface area contributed by atoms with E-state index in [1.165, 1.54) is 11.8 Å². The van der Waals surface area contributed by atoms with Crippen molar-refractivity contribution in [2.75, 3.05) is 6.54 Å². The lowest BCUT2D eigenvalue weighted by Crippen LogP contribution is -2.56. The molecule has 5 unspecified atom stereocenters. The van der Waals surface area contributed by atoms with E-state index in [1.54, 1.807) is 45.0 Å². The number of carboxylic acid groups (broad SMARTS) is 1. The normalized spacial score (nSPS) is 19.6. The van der Waals surface area contributed by atoms with Crippen LogP contribution in [-0.2, 0) is 39.9 Å². The molecule has 0 bridgehead atoms. The van der Waals surface area contributed by atoms with Crippen LogP contribution in [0.3, 0.4) is 0 Å². The SMILES string of the molecule is CCC(=O)NC(Cc1ccccc1)C(=O)OC(CC(=O)O)C1C(OC(C)=O)CCN1C(=O)C(N)C(C)C. The summed E-state index contributed by atoms with van der Waals surface area (Å²) in [4.78, 5) is 63.6. The van der Waals surface area contributed by atoms with Gasteiger partial charge in [-0.3, -0.25) is 19.2 Å². The van der Waals surface area contributed by atoms with Crippen LogP contribution in [0.2, 0.25) is 0 Å². The Hall–Kier alpha value is -3.47. The molecule has 1 aliphatic rings. The van der Waals surface area contributed by atoms with Gasteiger partial charge in [0.05, 0.1) is 12.5 Å². The average Bonchev–Trinajstić information content (AvgIpc) is 3.24. The first kappa shape index (κ1) is 29.8. The monoisotopic (exact) mass is 519 g/mol. The van der Waals surface area contributed by atoms with Gasteiger partial charge in [0, 0.05) is 32.7 Å². The number of carbonyl (C=O) groups is 5. The summed E-state index contributed by atoms with van der Waals surface area (Å²) in [5.41, 5.74) is 6.84. The second-order valence-electron chi connectivity index (χ2n) is 9.47. The number of amides is 2. The van der Waals surface area contributed by atoms with E-state index in [4.69, 9.17) is 15.2 Å². The lowest BCUT2D eigenvalue weighted by Gasteiger charge is -2.35. The molecule has 1 aliphatic heterocycles. The molecule has 1 aromatic carbocycles. The number of rotatable bonds is 12. The number of hydrogen-bond acceptors (Lipinski definition) is 8. The van der Waals surface area contributed by atoms with Crippen LogP contribution in [0.1, 0.15) is 52.5 Å². The minimum Gasteiger partial charge on any atom is -0.481 e. The molecular formula is C26H37N3O8. The third-order valence-electron chi connectivity index (χ3n) is 6.25. The van der Waals surface area contributed by atoms with Crippen LogP contribution < -0.4 is 11.1 Å². The molecule has 1 heterocycles. The van der Waals surface area contributed by atoms with Crippen molar-refractivity contribution < 1.29 is 38.6 Å². The van der Waals surface area contributed by atoms with Crippen LogP contribution >= 0.6 is 0 Å². The molecular weight excluding hydrogens is 482 g/mol. The number of nitrogens with zero attached hydrogens (tertiary/aromatic N) is 1. The molecule has 204 valence electrons. The molecule has 11 heteroatoms. The number of nitrogens with one attached hydrogen (secondary N) is 1. The quantitative estimate of drug-likeness (QED) is 0.342. The highest BCUT2D eigenvalue weighted by atomic mass is 16.6. The summed E-state index contributed by atoms with van der Waals surface area (Å²) in [7, 11) is 0. The minimum absolute atomic E-state index is 0.115. The Kier molecular flexibility index (Phi) is 11.0. The number of carboxylic acids is 1. The van der Waals surface area contributed by atoms with E-state index in [9.17, 15) is 29.1 Å². The molecule has 0 aromatic heterocycles. The van der Waals surface area contributed by atoms with Crippen LogP contribution in [-0.4, -0.2) is 76.6 Å². The number of benzene rings is 1. The predicted molar refractivity (Wildman–Crippen MR) is 133 cm³/mol. The van der Waals surface area contributed by atoms with E-state index in [2.05, 4.69) is 5.32 Å². The topological polar surface area (TPSA) is 165 Å². The fraction of sp³-hybridized carbons (Fsp3) is 0.577. The van der Waals surface area contributed by atoms with Crippen molar-refractivity contribution in [3.63, 3.8) is 0 Å². The first-order valence-corrected chi connectivity index (χ1v) is 12.4. The summed E-state index contributed by atoms with van der Waals surface area (Å²) in [6.45, 7) is 6.54. The molecule has 1 saturated heterocycles. The molecule has 0 aliphatic carbocycles. The average molecular weight is 520 g/mol. The van der Waals surface area contributed by atoms with Crippen LogP contribution in [0.15, 0.2) is 30.3 Å². The zero-order valence-corrected chi connectivity index (χ0v) is 21.7. The van der Waals surface area contributed by atoms with Gasteiger partial charge in [-0.25, -0.2) is 4.79 Å². The van der Waals surface area contributed by atoms with Gasteiger partial charge in [-0.05, 0) is 11.5 Å². The summed E-state index contributed by atoms with van der Waals surface area (Å²) in [5, 5.41) is 12.2. The molecule has 5 atom stereocenters. The number of hydrogen-bond donors (Lipinski definition) is 3. The van der Waals surface area contributed by atoms with Gasteiger partial charge in [0.2, 0.25) is 11.8 Å². The van der Waals surface area contributed by atoms with Gasteiger partial charge < -0.3 is 30.5 Å². The van der Waals surface area contributed by atoms with E-state index >= 15 is 0 Å². The lowest BCUT2D eigenvalue weighted by atomic mass is 9.99. The third-order valence-corrected chi connectivity index (χ3v) is 6.25. The van der Waals surface area contributed by atoms with Crippen molar-refractivity contribution in [1.29, 1.82) is 0 Å². The first-order chi connectivity index (χ1) is 17.4. The van der Waals surface area contributed by atoms with Crippen molar-refractivity contribution in [1.82, 2.24) is 10.2 Å². The van der Waals surface area contributed by atoms with Crippen molar-refractivity contribution in [3.05, 3.63) is 35.9 Å². The number of aliphatic carboxylic acids is 1. The number of likely N-dealkylation sites (tertiary alicyclic amines) is 1. The smallest absolute Gasteiger partial charge is 0.329 e. The largest absolute Gasteiger partial charge is 0.481 e. The Morgan fingerprint density at radius 2 is 1.81 bits per heavy atom. The summed E-state index contributed by atoms with van der Waals surface area (Å²) in [5.74, 6) is -3.79. The Morgan fingerprint density at radius 3 is 2.35 bits per heavy atom. The van der Waals surface area contributed by atoms with Crippen molar-refractivity contribution in [2.24, 2.45) is 11.7 Å². The van der Waals surface area contributed by atoms with Gasteiger partial charge >= 0.3 is 17.9 Å². The lowest BCUT2D eigenvalue weighted by molar-refractivity contribution is -0.167. The number of esters is 2. The van der Waals surface area contributed by atoms with E-state index in [0.29, 0.717) is 0 Å². The van der Waals surface area contributed by atoms with Crippen LogP contribution in [0.4, 0.5) is 0 Å². The standard InChI is InChI=1S/C26H37N3O8/c1-5-21(31)28-18(13-17-9-7-6-8-10-17)26(35)37-20(14-22(32)33)24-19(36-16(4)30)11-12-29(24)25(34)23(27)15(2)3/h6-10,15,18-20,23-24H,5,11-14,27H2,1-4H3,(H,28,31)(H,32,33). The molecule has 1 aromatic rings. The fourth-order valence-electron chi connectivity index (χ4n) is 4.28. The highest BCUT2D eigenvalue weighted by Gasteiger charge is 2.47. The minimum atomic E-state index is -1.35. The zero-order valence-electron chi connectivity index (χ0n) is 21.7. The summed E-state index contributed by atoms with van der Waals surface area (Å²) < 4.78 is 11.1. The number of ether oxygens (including phenoxy) is 2. The van der Waals surface area contributed by atoms with Crippen molar-refractivity contribution in [2.45, 2.75) is 83.7 Å². The number of nitrogens with two attached hydrogens (primary N) is 1. The van der Waals surface area contributed by atoms with Crippen molar-refractivity contribution in [3.8, 4) is 0 Å². The molecule has 4 N–H and O–H groups in total. The molecule has 0 spiro atoms. The summed E-state index contributed by atoms with van der Waals surface area (Å²) >= 11 is 0. The maximum Gasteiger partial charge on any atom is 0.329 e. The van der Waals surface area contributed by atoms with E-state index in [0.717, 1.165) is 5.56 Å². The number of carbonyl (C=O) groups excluding carboxylic acids is 4. The van der Waals surface area contributed by atoms with Gasteiger partial charge in [-0.2, -0.15) is 0 Å². The third kappa shape index (κ3) is 8.56. The van der Waals surface area contributed by atoms with E-state index < -0.39 is 60.6 Å². The van der Waals surface area contributed by atoms with Gasteiger partial charge in [0.1, 0.15) is 24.3 Å². The van der Waals surface area contributed by atoms with E-state index in [-0.39, 0.29) is 37.6 Å². The van der Waals surface area contributed by atoms with Crippen molar-refractivity contribution >= 4 is 29.7 Å². The van der Waals surface area contributed by atoms with Gasteiger partial charge in [-0.1, -0.05) is 51.1 Å².